The van der Waals surface area contributed by atoms with Gasteiger partial charge in [-0.3, -0.25) is 4.99 Å². The van der Waals surface area contributed by atoms with Crippen LogP contribution in [0.15, 0.2) is 42.2 Å². The van der Waals surface area contributed by atoms with E-state index in [1.54, 1.807) is 0 Å². The molecule has 4 heteroatoms. The molecule has 1 aromatic heterocycles. The molecule has 18 heavy (non-hydrogen) atoms. The van der Waals surface area contributed by atoms with Crippen molar-refractivity contribution in [3.8, 4) is 0 Å². The van der Waals surface area contributed by atoms with Crippen LogP contribution in [0.5, 0.6) is 0 Å². The Labute approximate surface area is 106 Å². The van der Waals surface area contributed by atoms with Gasteiger partial charge in [0.1, 0.15) is 5.76 Å². The zero-order chi connectivity index (χ0) is 12.7. The van der Waals surface area contributed by atoms with Crippen LogP contribution in [0.4, 0.5) is 0 Å². The van der Waals surface area contributed by atoms with Crippen molar-refractivity contribution in [3.63, 3.8) is 0 Å². The number of nitrogens with one attached hydrogen (secondary N) is 1. The normalized spacial score (nSPS) is 25.2. The fourth-order valence-corrected chi connectivity index (χ4v) is 2.51. The zero-order valence-corrected chi connectivity index (χ0v) is 10.2. The number of H-pyrrole nitrogens is 1. The predicted molar refractivity (Wildman–Crippen MR) is 73.1 cm³/mol. The highest BCUT2D eigenvalue weighted by Crippen LogP contribution is 2.35. The van der Waals surface area contributed by atoms with Crippen molar-refractivity contribution in [2.24, 2.45) is 10.9 Å². The smallest absolute Gasteiger partial charge is 0.131 e. The molecule has 2 N–H and O–H groups in total. The van der Waals surface area contributed by atoms with E-state index in [0.717, 1.165) is 5.69 Å². The molecule has 3 heterocycles. The SMILES string of the molecule is C=C(O)c1ccc(C2=CN(C)C3C=CN=CC23)[nH]1. The molecule has 0 fully saturated rings. The summed E-state index contributed by atoms with van der Waals surface area (Å²) in [4.78, 5) is 9.57. The third-order valence-corrected chi connectivity index (χ3v) is 3.46. The van der Waals surface area contributed by atoms with Gasteiger partial charge in [0.15, 0.2) is 0 Å². The van der Waals surface area contributed by atoms with Gasteiger partial charge in [-0.15, -0.1) is 0 Å². The van der Waals surface area contributed by atoms with Crippen molar-refractivity contribution in [1.82, 2.24) is 9.88 Å². The largest absolute Gasteiger partial charge is 0.506 e. The van der Waals surface area contributed by atoms with Gasteiger partial charge in [-0.1, -0.05) is 6.58 Å². The molecule has 1 aromatic rings. The van der Waals surface area contributed by atoms with Gasteiger partial charge in [0.25, 0.3) is 0 Å². The highest BCUT2D eigenvalue weighted by atomic mass is 16.3. The molecular weight excluding hydrogens is 226 g/mol. The number of aromatic nitrogens is 1. The molecule has 4 nitrogen and oxygen atoms in total. The molecule has 0 amide bonds. The molecule has 0 saturated heterocycles. The Morgan fingerprint density at radius 1 is 1.50 bits per heavy atom. The molecule has 2 aliphatic rings. The molecule has 3 rings (SSSR count). The van der Waals surface area contributed by atoms with Gasteiger partial charge in [-0.2, -0.15) is 0 Å². The summed E-state index contributed by atoms with van der Waals surface area (Å²) in [6.07, 6.45) is 8.02. The molecule has 0 aliphatic carbocycles. The number of nitrogens with zero attached hydrogens (tertiary/aromatic N) is 2. The van der Waals surface area contributed by atoms with Crippen LogP contribution in [0.25, 0.3) is 11.3 Å². The van der Waals surface area contributed by atoms with E-state index in [1.807, 2.05) is 24.5 Å². The zero-order valence-electron chi connectivity index (χ0n) is 10.2. The first-order valence-electron chi connectivity index (χ1n) is 5.88. The monoisotopic (exact) mass is 241 g/mol. The van der Waals surface area contributed by atoms with E-state index < -0.39 is 0 Å². The topological polar surface area (TPSA) is 51.6 Å². The van der Waals surface area contributed by atoms with E-state index in [9.17, 15) is 5.11 Å². The lowest BCUT2D eigenvalue weighted by Gasteiger charge is -2.23. The Morgan fingerprint density at radius 2 is 2.33 bits per heavy atom. The fourth-order valence-electron chi connectivity index (χ4n) is 2.51. The second-order valence-corrected chi connectivity index (χ2v) is 4.64. The van der Waals surface area contributed by atoms with Gasteiger partial charge in [-0.25, -0.2) is 0 Å². The summed E-state index contributed by atoms with van der Waals surface area (Å²) < 4.78 is 0. The first-order chi connectivity index (χ1) is 8.66. The van der Waals surface area contributed by atoms with Crippen molar-refractivity contribution in [2.75, 3.05) is 7.05 Å². The number of likely N-dealkylation sites (N-methyl/N-ethyl adjacent to an activating group) is 1. The molecule has 0 radical (unpaired) electrons. The number of aliphatic hydroxyl groups is 1. The lowest BCUT2D eigenvalue weighted by molar-refractivity contribution is 0.392. The molecular formula is C14H15N3O. The van der Waals surface area contributed by atoms with Crippen LogP contribution in [0.2, 0.25) is 0 Å². The number of aromatic amines is 1. The highest BCUT2D eigenvalue weighted by Gasteiger charge is 2.33. The maximum Gasteiger partial charge on any atom is 0.131 e. The lowest BCUT2D eigenvalue weighted by Crippen LogP contribution is -2.29. The molecule has 2 atom stereocenters. The van der Waals surface area contributed by atoms with E-state index in [4.69, 9.17) is 0 Å². The van der Waals surface area contributed by atoms with Crippen LogP contribution >= 0.6 is 0 Å². The second kappa shape index (κ2) is 3.91. The first-order valence-corrected chi connectivity index (χ1v) is 5.88. The van der Waals surface area contributed by atoms with E-state index in [2.05, 4.69) is 40.8 Å². The third-order valence-electron chi connectivity index (χ3n) is 3.46. The maximum absolute atomic E-state index is 9.37. The average molecular weight is 241 g/mol. The van der Waals surface area contributed by atoms with Crippen LogP contribution in [-0.2, 0) is 0 Å². The lowest BCUT2D eigenvalue weighted by atomic mass is 9.93. The van der Waals surface area contributed by atoms with E-state index in [1.165, 1.54) is 5.57 Å². The van der Waals surface area contributed by atoms with Crippen molar-refractivity contribution in [1.29, 1.82) is 0 Å². The van der Waals surface area contributed by atoms with Gasteiger partial charge in [0, 0.05) is 42.8 Å². The van der Waals surface area contributed by atoms with Crippen LogP contribution < -0.4 is 0 Å². The van der Waals surface area contributed by atoms with Gasteiger partial charge in [-0.05, 0) is 18.2 Å². The fraction of sp³-hybridized carbons (Fsp3) is 0.214. The Bertz CT molecular complexity index is 580. The summed E-state index contributed by atoms with van der Waals surface area (Å²) in [5.41, 5.74) is 2.84. The molecule has 0 bridgehead atoms. The van der Waals surface area contributed by atoms with Gasteiger partial charge in [0.05, 0.1) is 11.7 Å². The molecule has 0 saturated carbocycles. The second-order valence-electron chi connectivity index (χ2n) is 4.64. The Kier molecular flexibility index (Phi) is 2.37. The van der Waals surface area contributed by atoms with Gasteiger partial charge < -0.3 is 15.0 Å². The number of aliphatic imine (C=N–C) groups is 1. The number of fused-ring (bicyclic) bond motifs is 1. The summed E-state index contributed by atoms with van der Waals surface area (Å²) in [5, 5.41) is 9.37. The molecule has 2 aliphatic heterocycles. The quantitative estimate of drug-likeness (QED) is 0.781. The van der Waals surface area contributed by atoms with E-state index >= 15 is 0 Å². The van der Waals surface area contributed by atoms with E-state index in [0.29, 0.717) is 11.7 Å². The molecule has 0 spiro atoms. The van der Waals surface area contributed by atoms with Crippen molar-refractivity contribution >= 4 is 17.5 Å². The summed E-state index contributed by atoms with van der Waals surface area (Å²) in [6, 6.07) is 4.13. The number of rotatable bonds is 2. The number of hydrogen-bond donors (Lipinski definition) is 2. The van der Waals surface area contributed by atoms with Crippen LogP contribution in [0.1, 0.15) is 11.4 Å². The van der Waals surface area contributed by atoms with Gasteiger partial charge >= 0.3 is 0 Å². The summed E-state index contributed by atoms with van der Waals surface area (Å²) in [6.45, 7) is 3.52. The Hall–Kier alpha value is -2.23. The van der Waals surface area contributed by atoms with Gasteiger partial charge in [0.2, 0.25) is 0 Å². The highest BCUT2D eigenvalue weighted by molar-refractivity contribution is 5.86. The third kappa shape index (κ3) is 1.57. The molecule has 92 valence electrons. The van der Waals surface area contributed by atoms with Crippen LogP contribution in [0.3, 0.4) is 0 Å². The molecule has 2 unspecified atom stereocenters. The van der Waals surface area contributed by atoms with Crippen molar-refractivity contribution in [3.05, 3.63) is 48.6 Å². The summed E-state index contributed by atoms with van der Waals surface area (Å²) >= 11 is 0. The number of hydrogen-bond acceptors (Lipinski definition) is 3. The van der Waals surface area contributed by atoms with Crippen LogP contribution in [0, 0.1) is 5.92 Å². The number of aliphatic hydroxyl groups excluding tert-OH is 1. The average Bonchev–Trinajstić information content (AvgIpc) is 2.95. The minimum Gasteiger partial charge on any atom is -0.506 e. The summed E-state index contributed by atoms with van der Waals surface area (Å²) in [7, 11) is 2.06. The minimum absolute atomic E-state index is 0.0574. The van der Waals surface area contributed by atoms with E-state index in [-0.39, 0.29) is 11.7 Å². The predicted octanol–water partition coefficient (Wildman–Crippen LogP) is 2.41. The summed E-state index contributed by atoms with van der Waals surface area (Å²) in [5.74, 6) is 0.320. The minimum atomic E-state index is 0.0574. The molecule has 0 aromatic carbocycles. The van der Waals surface area contributed by atoms with Crippen molar-refractivity contribution in [2.45, 2.75) is 6.04 Å². The maximum atomic E-state index is 9.37. The first kappa shape index (κ1) is 10.9. The van der Waals surface area contributed by atoms with Crippen molar-refractivity contribution < 1.29 is 5.11 Å². The Morgan fingerprint density at radius 3 is 3.06 bits per heavy atom. The van der Waals surface area contributed by atoms with Crippen LogP contribution in [-0.4, -0.2) is 34.3 Å². The standard InChI is InChI=1S/C14H15N3O/c1-9(18)12-3-4-13(16-12)11-8-17(2)14-5-6-15-7-10(11)14/h3-8,10,14,16,18H,1H2,2H3. The Balaban J connectivity index is 1.96.